The second kappa shape index (κ2) is 4.29. The normalized spacial score (nSPS) is 9.62. The number of nitrogens with zero attached hydrogens (tertiary/aromatic N) is 1. The van der Waals surface area contributed by atoms with Gasteiger partial charge in [-0.3, -0.25) is 0 Å². The van der Waals surface area contributed by atoms with Gasteiger partial charge in [0.25, 0.3) is 0 Å². The van der Waals surface area contributed by atoms with Crippen LogP contribution in [0.15, 0.2) is 16.6 Å². The van der Waals surface area contributed by atoms with Crippen molar-refractivity contribution in [3.8, 4) is 11.8 Å². The van der Waals surface area contributed by atoms with E-state index >= 15 is 0 Å². The molecule has 0 unspecified atom stereocenters. The molecule has 0 atom stereocenters. The zero-order valence-electron chi connectivity index (χ0n) is 7.34. The molecule has 0 aromatic heterocycles. The maximum absolute atomic E-state index is 9.31. The summed E-state index contributed by atoms with van der Waals surface area (Å²) in [6.45, 7) is 1.92. The van der Waals surface area contributed by atoms with Crippen LogP contribution in [0, 0.1) is 18.3 Å². The maximum atomic E-state index is 9.31. The lowest BCUT2D eigenvalue weighted by Crippen LogP contribution is -1.88. The van der Waals surface area contributed by atoms with E-state index in [1.54, 1.807) is 12.1 Å². The van der Waals surface area contributed by atoms with Crippen molar-refractivity contribution in [1.29, 1.82) is 5.26 Å². The van der Waals surface area contributed by atoms with Crippen molar-refractivity contribution >= 4 is 15.9 Å². The van der Waals surface area contributed by atoms with E-state index < -0.39 is 0 Å². The van der Waals surface area contributed by atoms with Crippen LogP contribution in [0.2, 0.25) is 0 Å². The van der Waals surface area contributed by atoms with Gasteiger partial charge in [0.2, 0.25) is 0 Å². The maximum Gasteiger partial charge on any atom is 0.116 e. The minimum Gasteiger partial charge on any atom is -0.508 e. The minimum absolute atomic E-state index is 0.258. The van der Waals surface area contributed by atoms with Crippen LogP contribution in [0.25, 0.3) is 0 Å². The second-order valence-electron chi connectivity index (χ2n) is 2.89. The first kappa shape index (κ1) is 10.1. The summed E-state index contributed by atoms with van der Waals surface area (Å²) in [5.41, 5.74) is 1.98. The van der Waals surface area contributed by atoms with Crippen LogP contribution < -0.4 is 0 Å². The molecule has 68 valence electrons. The molecule has 13 heavy (non-hydrogen) atoms. The average molecular weight is 240 g/mol. The SMILES string of the molecule is Cc1cc(O)cc(CCC#N)c1Br. The molecule has 0 spiro atoms. The number of rotatable bonds is 2. The molecule has 1 aromatic carbocycles. The van der Waals surface area contributed by atoms with Gasteiger partial charge in [0.1, 0.15) is 5.75 Å². The fraction of sp³-hybridized carbons (Fsp3) is 0.300. The van der Waals surface area contributed by atoms with E-state index in [0.717, 1.165) is 15.6 Å². The summed E-state index contributed by atoms with van der Waals surface area (Å²) >= 11 is 3.42. The Morgan fingerprint density at radius 3 is 2.85 bits per heavy atom. The highest BCUT2D eigenvalue weighted by atomic mass is 79.9. The molecule has 3 heteroatoms. The Kier molecular flexibility index (Phi) is 3.32. The third kappa shape index (κ3) is 2.46. The summed E-state index contributed by atoms with van der Waals surface area (Å²) in [4.78, 5) is 0. The van der Waals surface area contributed by atoms with Gasteiger partial charge in [-0.15, -0.1) is 0 Å². The van der Waals surface area contributed by atoms with E-state index in [2.05, 4.69) is 22.0 Å². The molecule has 0 bridgehead atoms. The first-order valence-electron chi connectivity index (χ1n) is 4.00. The molecule has 0 saturated carbocycles. The van der Waals surface area contributed by atoms with Crippen molar-refractivity contribution < 1.29 is 5.11 Å². The number of aromatic hydroxyl groups is 1. The van der Waals surface area contributed by atoms with E-state index in [4.69, 9.17) is 5.26 Å². The van der Waals surface area contributed by atoms with Crippen molar-refractivity contribution in [2.24, 2.45) is 0 Å². The standard InChI is InChI=1S/C10H10BrNO/c1-7-5-9(13)6-8(10(7)11)3-2-4-12/h5-6,13H,2-3H2,1H3. The van der Waals surface area contributed by atoms with Crippen molar-refractivity contribution in [3.05, 3.63) is 27.7 Å². The predicted octanol–water partition coefficient (Wildman–Crippen LogP) is 2.92. The van der Waals surface area contributed by atoms with Crippen LogP contribution in [0.3, 0.4) is 0 Å². The lowest BCUT2D eigenvalue weighted by molar-refractivity contribution is 0.474. The Labute approximate surface area is 85.9 Å². The number of phenols is 1. The van der Waals surface area contributed by atoms with E-state index in [-0.39, 0.29) is 5.75 Å². The summed E-state index contributed by atoms with van der Waals surface area (Å²) < 4.78 is 0.987. The highest BCUT2D eigenvalue weighted by Gasteiger charge is 2.04. The smallest absolute Gasteiger partial charge is 0.116 e. The van der Waals surface area contributed by atoms with Crippen LogP contribution in [0.4, 0.5) is 0 Å². The number of halogens is 1. The summed E-state index contributed by atoms with van der Waals surface area (Å²) in [7, 11) is 0. The fourth-order valence-corrected chi connectivity index (χ4v) is 1.62. The minimum atomic E-state index is 0.258. The van der Waals surface area contributed by atoms with Gasteiger partial charge in [0, 0.05) is 10.9 Å². The molecule has 0 aliphatic rings. The first-order valence-corrected chi connectivity index (χ1v) is 4.79. The van der Waals surface area contributed by atoms with Crippen LogP contribution in [-0.4, -0.2) is 5.11 Å². The van der Waals surface area contributed by atoms with E-state index in [0.29, 0.717) is 12.8 Å². The third-order valence-corrected chi connectivity index (χ3v) is 2.96. The topological polar surface area (TPSA) is 44.0 Å². The molecule has 1 aromatic rings. The zero-order valence-corrected chi connectivity index (χ0v) is 8.93. The van der Waals surface area contributed by atoms with Gasteiger partial charge < -0.3 is 5.11 Å². The van der Waals surface area contributed by atoms with Crippen LogP contribution in [0.5, 0.6) is 5.75 Å². The molecule has 2 nitrogen and oxygen atoms in total. The molecule has 0 heterocycles. The quantitative estimate of drug-likeness (QED) is 0.863. The van der Waals surface area contributed by atoms with Gasteiger partial charge in [-0.2, -0.15) is 5.26 Å². The number of hydrogen-bond acceptors (Lipinski definition) is 2. The van der Waals surface area contributed by atoms with Gasteiger partial charge >= 0.3 is 0 Å². The molecule has 0 radical (unpaired) electrons. The Balaban J connectivity index is 3.00. The van der Waals surface area contributed by atoms with Gasteiger partial charge in [0.15, 0.2) is 0 Å². The summed E-state index contributed by atoms with van der Waals surface area (Å²) in [6.07, 6.45) is 1.15. The van der Waals surface area contributed by atoms with E-state index in [1.807, 2.05) is 6.92 Å². The first-order chi connectivity index (χ1) is 6.15. The van der Waals surface area contributed by atoms with E-state index in [1.165, 1.54) is 0 Å². The van der Waals surface area contributed by atoms with Crippen molar-refractivity contribution in [2.75, 3.05) is 0 Å². The number of aryl methyl sites for hydroxylation is 2. The van der Waals surface area contributed by atoms with E-state index in [9.17, 15) is 5.11 Å². The Hall–Kier alpha value is -1.01. The molecule has 1 N–H and O–H groups in total. The van der Waals surface area contributed by atoms with Gasteiger partial charge in [0.05, 0.1) is 6.07 Å². The van der Waals surface area contributed by atoms with Crippen molar-refractivity contribution in [1.82, 2.24) is 0 Å². The molecule has 0 saturated heterocycles. The number of hydrogen-bond donors (Lipinski definition) is 1. The summed E-state index contributed by atoms with van der Waals surface area (Å²) in [5, 5.41) is 17.7. The molecule has 1 rings (SSSR count). The predicted molar refractivity (Wildman–Crippen MR) is 54.5 cm³/mol. The number of nitriles is 1. The Morgan fingerprint density at radius 1 is 1.54 bits per heavy atom. The zero-order chi connectivity index (χ0) is 9.84. The van der Waals surface area contributed by atoms with Gasteiger partial charge in [-0.1, -0.05) is 15.9 Å². The average Bonchev–Trinajstić information content (AvgIpc) is 2.09. The van der Waals surface area contributed by atoms with Crippen LogP contribution in [0.1, 0.15) is 17.5 Å². The largest absolute Gasteiger partial charge is 0.508 e. The molecular formula is C10H10BrNO. The van der Waals surface area contributed by atoms with Crippen molar-refractivity contribution in [3.63, 3.8) is 0 Å². The molecule has 0 fully saturated rings. The van der Waals surface area contributed by atoms with Crippen molar-refractivity contribution in [2.45, 2.75) is 19.8 Å². The monoisotopic (exact) mass is 239 g/mol. The number of phenolic OH excluding ortho intramolecular Hbond substituents is 1. The second-order valence-corrected chi connectivity index (χ2v) is 3.69. The molecule has 0 aliphatic carbocycles. The lowest BCUT2D eigenvalue weighted by Gasteiger charge is -2.06. The fourth-order valence-electron chi connectivity index (χ4n) is 1.19. The number of benzene rings is 1. The lowest BCUT2D eigenvalue weighted by atomic mass is 10.1. The van der Waals surface area contributed by atoms with Crippen LogP contribution >= 0.6 is 15.9 Å². The Bertz CT molecular complexity index is 355. The highest BCUT2D eigenvalue weighted by molar-refractivity contribution is 9.10. The highest BCUT2D eigenvalue weighted by Crippen LogP contribution is 2.27. The van der Waals surface area contributed by atoms with Gasteiger partial charge in [-0.25, -0.2) is 0 Å². The molecule has 0 aliphatic heterocycles. The summed E-state index contributed by atoms with van der Waals surface area (Å²) in [6, 6.07) is 5.46. The summed E-state index contributed by atoms with van der Waals surface area (Å²) in [5.74, 6) is 0.258. The third-order valence-electron chi connectivity index (χ3n) is 1.82. The Morgan fingerprint density at radius 2 is 2.23 bits per heavy atom. The van der Waals surface area contributed by atoms with Crippen LogP contribution in [-0.2, 0) is 6.42 Å². The molecule has 0 amide bonds. The van der Waals surface area contributed by atoms with Gasteiger partial charge in [-0.05, 0) is 36.6 Å². The molecular weight excluding hydrogens is 230 g/mol.